The van der Waals surface area contributed by atoms with Crippen LogP contribution in [0.15, 0.2) is 15.7 Å². The normalized spacial score (nSPS) is 20.1. The molecule has 0 amide bonds. The molecule has 148 valence electrons. The average Bonchev–Trinajstić information content (AvgIpc) is 3.27. The van der Waals surface area contributed by atoms with Gasteiger partial charge in [0.25, 0.3) is 5.56 Å². The Morgan fingerprint density at radius 2 is 1.93 bits per heavy atom. The zero-order valence-corrected chi connectivity index (χ0v) is 16.1. The van der Waals surface area contributed by atoms with Crippen LogP contribution in [0.4, 0.5) is 10.2 Å². The zero-order valence-electron chi connectivity index (χ0n) is 15.3. The smallest absolute Gasteiger partial charge is 0.351 e. The number of hydrogen-bond donors (Lipinski definition) is 2. The van der Waals surface area contributed by atoms with Gasteiger partial charge in [-0.15, -0.1) is 12.4 Å². The number of halogens is 2. The molecular formula is C17H24ClFN6O2. The molecule has 2 fully saturated rings. The maximum atomic E-state index is 14.7. The lowest BCUT2D eigenvalue weighted by atomic mass is 9.88. The Morgan fingerprint density at radius 1 is 1.26 bits per heavy atom. The van der Waals surface area contributed by atoms with E-state index in [0.717, 1.165) is 25.3 Å². The van der Waals surface area contributed by atoms with Gasteiger partial charge < -0.3 is 16.5 Å². The predicted molar refractivity (Wildman–Crippen MR) is 104 cm³/mol. The summed E-state index contributed by atoms with van der Waals surface area (Å²) in [5, 5.41) is 0.0233. The van der Waals surface area contributed by atoms with Crippen LogP contribution < -0.4 is 27.7 Å². The number of hydrogen-bond acceptors (Lipinski definition) is 6. The monoisotopic (exact) mass is 398 g/mol. The summed E-state index contributed by atoms with van der Waals surface area (Å²) in [6, 6.07) is 1.10. The number of aromatic nitrogens is 3. The molecule has 4 rings (SSSR count). The lowest BCUT2D eigenvalue weighted by molar-refractivity contribution is 0.348. The SMILES string of the molecule is CC(C)(N)[C@@H]1CCN(c2nc3c(cc2F)c(=O)n(N)c(=O)n3C2CC2)C1.Cl. The van der Waals surface area contributed by atoms with Crippen molar-refractivity contribution in [3.05, 3.63) is 32.7 Å². The summed E-state index contributed by atoms with van der Waals surface area (Å²) in [4.78, 5) is 31.0. The minimum atomic E-state index is -0.734. The van der Waals surface area contributed by atoms with Crippen LogP contribution >= 0.6 is 12.4 Å². The summed E-state index contributed by atoms with van der Waals surface area (Å²) in [6.45, 7) is 5.13. The number of rotatable bonds is 3. The molecule has 0 bridgehead atoms. The number of nitrogen functional groups attached to an aromatic ring is 1. The number of pyridine rings is 1. The van der Waals surface area contributed by atoms with Crippen molar-refractivity contribution >= 4 is 29.3 Å². The predicted octanol–water partition coefficient (Wildman–Crippen LogP) is 0.731. The summed E-state index contributed by atoms with van der Waals surface area (Å²) in [7, 11) is 0. The van der Waals surface area contributed by atoms with Gasteiger partial charge in [-0.2, -0.15) is 4.68 Å². The lowest BCUT2D eigenvalue weighted by Gasteiger charge is -2.27. The van der Waals surface area contributed by atoms with E-state index in [0.29, 0.717) is 17.8 Å². The van der Waals surface area contributed by atoms with E-state index in [1.807, 2.05) is 18.7 Å². The van der Waals surface area contributed by atoms with E-state index in [2.05, 4.69) is 4.98 Å². The van der Waals surface area contributed by atoms with Crippen LogP contribution in [0.25, 0.3) is 11.0 Å². The van der Waals surface area contributed by atoms with Crippen LogP contribution in [0.1, 0.15) is 39.2 Å². The second-order valence-electron chi connectivity index (χ2n) is 7.98. The summed E-state index contributed by atoms with van der Waals surface area (Å²) < 4.78 is 16.7. The molecule has 0 aromatic carbocycles. The number of nitrogens with two attached hydrogens (primary N) is 2. The third-order valence-electron chi connectivity index (χ3n) is 5.48. The van der Waals surface area contributed by atoms with E-state index in [-0.39, 0.29) is 46.8 Å². The van der Waals surface area contributed by atoms with E-state index in [1.54, 1.807) is 0 Å². The molecule has 2 aromatic heterocycles. The van der Waals surface area contributed by atoms with E-state index in [1.165, 1.54) is 4.57 Å². The maximum absolute atomic E-state index is 14.7. The van der Waals surface area contributed by atoms with E-state index in [9.17, 15) is 14.0 Å². The van der Waals surface area contributed by atoms with Gasteiger partial charge in [-0.3, -0.25) is 9.36 Å². The molecule has 2 aliphatic rings. The Kier molecular flexibility index (Phi) is 4.72. The van der Waals surface area contributed by atoms with Crippen LogP contribution in [0, 0.1) is 11.7 Å². The second-order valence-corrected chi connectivity index (χ2v) is 7.98. The fourth-order valence-electron chi connectivity index (χ4n) is 3.68. The highest BCUT2D eigenvalue weighted by atomic mass is 35.5. The van der Waals surface area contributed by atoms with Gasteiger partial charge in [-0.25, -0.2) is 14.2 Å². The van der Waals surface area contributed by atoms with E-state index in [4.69, 9.17) is 11.6 Å². The van der Waals surface area contributed by atoms with Gasteiger partial charge in [-0.1, -0.05) is 0 Å². The summed E-state index contributed by atoms with van der Waals surface area (Å²) in [5.41, 5.74) is 4.68. The first-order valence-corrected chi connectivity index (χ1v) is 8.85. The van der Waals surface area contributed by atoms with Gasteiger partial charge >= 0.3 is 5.69 Å². The van der Waals surface area contributed by atoms with Crippen molar-refractivity contribution in [2.75, 3.05) is 23.8 Å². The molecule has 1 saturated carbocycles. The maximum Gasteiger partial charge on any atom is 0.351 e. The Bertz CT molecular complexity index is 1010. The molecule has 0 radical (unpaired) electrons. The number of fused-ring (bicyclic) bond motifs is 1. The molecule has 2 aromatic rings. The lowest BCUT2D eigenvalue weighted by Crippen LogP contribution is -2.45. The van der Waals surface area contributed by atoms with Gasteiger partial charge in [0.2, 0.25) is 0 Å². The molecule has 4 N–H and O–H groups in total. The quantitative estimate of drug-likeness (QED) is 0.737. The van der Waals surface area contributed by atoms with Crippen LogP contribution in [0.5, 0.6) is 0 Å². The van der Waals surface area contributed by atoms with Crippen molar-refractivity contribution < 1.29 is 4.39 Å². The molecule has 1 saturated heterocycles. The fraction of sp³-hybridized carbons (Fsp3) is 0.588. The summed E-state index contributed by atoms with van der Waals surface area (Å²) >= 11 is 0. The van der Waals surface area contributed by atoms with Gasteiger partial charge in [-0.05, 0) is 45.1 Å². The standard InChI is InChI=1S/C17H23FN6O2.ClH/c1-17(2,19)9-5-6-22(8-9)14-12(18)7-11-13(21-14)23(10-3-4-10)16(26)24(20)15(11)25;/h7,9-10H,3-6,8,19-20H2,1-2H3;1H/t9-;/m1./s1. The number of nitrogens with zero attached hydrogens (tertiary/aromatic N) is 4. The van der Waals surface area contributed by atoms with Gasteiger partial charge in [0, 0.05) is 24.7 Å². The zero-order chi connectivity index (χ0) is 18.8. The Labute approximate surface area is 161 Å². The molecule has 8 nitrogen and oxygen atoms in total. The first kappa shape index (κ1) is 19.6. The van der Waals surface area contributed by atoms with Crippen molar-refractivity contribution in [1.82, 2.24) is 14.2 Å². The molecule has 0 spiro atoms. The molecule has 1 aliphatic carbocycles. The van der Waals surface area contributed by atoms with Gasteiger partial charge in [0.05, 0.1) is 5.39 Å². The van der Waals surface area contributed by atoms with Crippen LogP contribution in [-0.4, -0.2) is 32.9 Å². The molecule has 10 heteroatoms. The van der Waals surface area contributed by atoms with Crippen LogP contribution in [-0.2, 0) is 0 Å². The van der Waals surface area contributed by atoms with Crippen molar-refractivity contribution in [3.8, 4) is 0 Å². The topological polar surface area (TPSA) is 112 Å². The number of anilines is 1. The average molecular weight is 399 g/mol. The van der Waals surface area contributed by atoms with Crippen molar-refractivity contribution in [1.29, 1.82) is 0 Å². The summed E-state index contributed by atoms with van der Waals surface area (Å²) in [5.74, 6) is 5.37. The molecule has 3 heterocycles. The van der Waals surface area contributed by atoms with Crippen LogP contribution in [0.2, 0.25) is 0 Å². The third-order valence-corrected chi connectivity index (χ3v) is 5.48. The first-order chi connectivity index (χ1) is 12.2. The summed E-state index contributed by atoms with van der Waals surface area (Å²) in [6.07, 6.45) is 2.46. The molecule has 1 aliphatic heterocycles. The molecule has 27 heavy (non-hydrogen) atoms. The van der Waals surface area contributed by atoms with Crippen molar-refractivity contribution in [2.45, 2.75) is 44.7 Å². The molecule has 1 atom stereocenters. The minimum Gasteiger partial charge on any atom is -0.354 e. The Hall–Kier alpha value is -2.13. The Morgan fingerprint density at radius 3 is 2.48 bits per heavy atom. The third kappa shape index (κ3) is 3.19. The highest BCUT2D eigenvalue weighted by Crippen LogP contribution is 2.36. The van der Waals surface area contributed by atoms with E-state index >= 15 is 0 Å². The van der Waals surface area contributed by atoms with Crippen LogP contribution in [0.3, 0.4) is 0 Å². The Balaban J connectivity index is 0.00000210. The highest BCUT2D eigenvalue weighted by Gasteiger charge is 2.35. The largest absolute Gasteiger partial charge is 0.354 e. The van der Waals surface area contributed by atoms with Gasteiger partial charge in [0.1, 0.15) is 0 Å². The van der Waals surface area contributed by atoms with Crippen molar-refractivity contribution in [3.63, 3.8) is 0 Å². The van der Waals surface area contributed by atoms with Crippen molar-refractivity contribution in [2.24, 2.45) is 11.7 Å². The van der Waals surface area contributed by atoms with E-state index < -0.39 is 17.1 Å². The second kappa shape index (κ2) is 6.49. The first-order valence-electron chi connectivity index (χ1n) is 8.85. The fourth-order valence-corrected chi connectivity index (χ4v) is 3.68. The minimum absolute atomic E-state index is 0. The van der Waals surface area contributed by atoms with Gasteiger partial charge in [0.15, 0.2) is 17.3 Å². The molecular weight excluding hydrogens is 375 g/mol. The molecule has 0 unspecified atom stereocenters. The highest BCUT2D eigenvalue weighted by molar-refractivity contribution is 5.85.